The molecule has 0 aromatic heterocycles. The standard InChI is InChI=1S/C19H24N2OS.2C2H6/c1-14-9-10-16-18(13-14)23-21(2)17-8-5-4-7-15(17)19(16)20-11-6-12-22-3;2*1-2/h4-5,7-10,13,19-20H,6,11-12H2,1-3H3;2*1-2H3. The van der Waals surface area contributed by atoms with Crippen molar-refractivity contribution in [1.29, 1.82) is 0 Å². The molecule has 1 atom stereocenters. The molecule has 1 unspecified atom stereocenters. The summed E-state index contributed by atoms with van der Waals surface area (Å²) >= 11 is 1.81. The lowest BCUT2D eigenvalue weighted by Gasteiger charge is -2.22. The molecule has 0 radical (unpaired) electrons. The molecule has 3 nitrogen and oxygen atoms in total. The average molecular weight is 389 g/mol. The van der Waals surface area contributed by atoms with Gasteiger partial charge in [0, 0.05) is 25.7 Å². The van der Waals surface area contributed by atoms with Crippen LogP contribution in [0, 0.1) is 6.92 Å². The number of anilines is 1. The second kappa shape index (κ2) is 12.8. The fourth-order valence-electron chi connectivity index (χ4n) is 3.02. The van der Waals surface area contributed by atoms with E-state index in [1.807, 2.05) is 27.7 Å². The van der Waals surface area contributed by atoms with E-state index in [2.05, 4.69) is 66.1 Å². The molecule has 0 bridgehead atoms. The van der Waals surface area contributed by atoms with Gasteiger partial charge in [0.1, 0.15) is 0 Å². The first-order chi connectivity index (χ1) is 13.2. The van der Waals surface area contributed by atoms with E-state index in [-0.39, 0.29) is 6.04 Å². The Labute approximate surface area is 170 Å². The minimum atomic E-state index is 0.219. The third kappa shape index (κ3) is 6.27. The molecule has 0 aliphatic carbocycles. The van der Waals surface area contributed by atoms with E-state index in [0.29, 0.717) is 0 Å². The van der Waals surface area contributed by atoms with Gasteiger partial charge in [-0.3, -0.25) is 0 Å². The lowest BCUT2D eigenvalue weighted by Crippen LogP contribution is -2.25. The topological polar surface area (TPSA) is 24.5 Å². The van der Waals surface area contributed by atoms with Gasteiger partial charge in [0.15, 0.2) is 0 Å². The first kappa shape index (κ1) is 23.5. The number of methoxy groups -OCH3 is 1. The van der Waals surface area contributed by atoms with E-state index in [0.717, 1.165) is 19.6 Å². The molecule has 4 heteroatoms. The van der Waals surface area contributed by atoms with Crippen LogP contribution in [0.4, 0.5) is 5.69 Å². The van der Waals surface area contributed by atoms with Gasteiger partial charge in [-0.05, 0) is 60.7 Å². The third-order valence-electron chi connectivity index (χ3n) is 4.18. The molecule has 150 valence electrons. The highest BCUT2D eigenvalue weighted by atomic mass is 32.2. The summed E-state index contributed by atoms with van der Waals surface area (Å²) in [6.07, 6.45) is 1.01. The summed E-state index contributed by atoms with van der Waals surface area (Å²) in [5.74, 6) is 0. The second-order valence-electron chi connectivity index (χ2n) is 5.92. The Morgan fingerprint density at radius 1 is 1.04 bits per heavy atom. The van der Waals surface area contributed by atoms with Crippen LogP contribution in [0.15, 0.2) is 47.4 Å². The number of benzene rings is 2. The van der Waals surface area contributed by atoms with Gasteiger partial charge in [0.25, 0.3) is 0 Å². The smallest absolute Gasteiger partial charge is 0.0609 e. The molecular formula is C23H36N2OS. The number of para-hydroxylation sites is 1. The Hall–Kier alpha value is -1.49. The predicted octanol–water partition coefficient (Wildman–Crippen LogP) is 6.22. The molecule has 0 amide bonds. The van der Waals surface area contributed by atoms with Crippen LogP contribution in [0.2, 0.25) is 0 Å². The first-order valence-electron chi connectivity index (χ1n) is 10.0. The van der Waals surface area contributed by atoms with Crippen molar-refractivity contribution in [1.82, 2.24) is 5.32 Å². The Morgan fingerprint density at radius 3 is 2.44 bits per heavy atom. The summed E-state index contributed by atoms with van der Waals surface area (Å²) in [5.41, 5.74) is 5.27. The Morgan fingerprint density at radius 2 is 1.74 bits per heavy atom. The number of fused-ring (bicyclic) bond motifs is 2. The maximum Gasteiger partial charge on any atom is 0.0609 e. The Balaban J connectivity index is 0.000000855. The first-order valence-corrected chi connectivity index (χ1v) is 10.8. The van der Waals surface area contributed by atoms with Crippen LogP contribution in [-0.2, 0) is 4.74 Å². The zero-order valence-electron chi connectivity index (χ0n) is 18.0. The summed E-state index contributed by atoms with van der Waals surface area (Å²) in [4.78, 5) is 1.33. The van der Waals surface area contributed by atoms with E-state index < -0.39 is 0 Å². The zero-order valence-corrected chi connectivity index (χ0v) is 18.8. The summed E-state index contributed by atoms with van der Waals surface area (Å²) < 4.78 is 7.44. The molecule has 27 heavy (non-hydrogen) atoms. The average Bonchev–Trinajstić information content (AvgIpc) is 2.83. The summed E-state index contributed by atoms with van der Waals surface area (Å²) in [7, 11) is 3.90. The van der Waals surface area contributed by atoms with Crippen LogP contribution in [0.5, 0.6) is 0 Å². The normalized spacial score (nSPS) is 14.6. The molecule has 2 aromatic carbocycles. The SMILES string of the molecule is CC.CC.COCCCNC1c2ccc(C)cc2SN(C)c2ccccc21. The maximum atomic E-state index is 5.18. The van der Waals surface area contributed by atoms with Crippen molar-refractivity contribution in [2.75, 3.05) is 31.6 Å². The van der Waals surface area contributed by atoms with Crippen LogP contribution in [0.25, 0.3) is 0 Å². The van der Waals surface area contributed by atoms with E-state index in [1.54, 1.807) is 19.1 Å². The number of nitrogens with one attached hydrogen (secondary N) is 1. The molecule has 0 spiro atoms. The molecule has 1 aliphatic heterocycles. The lowest BCUT2D eigenvalue weighted by atomic mass is 9.96. The quantitative estimate of drug-likeness (QED) is 0.485. The summed E-state index contributed by atoms with van der Waals surface area (Å²) in [5, 5.41) is 3.73. The van der Waals surface area contributed by atoms with Gasteiger partial charge in [-0.25, -0.2) is 0 Å². The van der Waals surface area contributed by atoms with E-state index in [4.69, 9.17) is 4.74 Å². The van der Waals surface area contributed by atoms with E-state index in [9.17, 15) is 0 Å². The minimum Gasteiger partial charge on any atom is -0.385 e. The van der Waals surface area contributed by atoms with Gasteiger partial charge in [-0.2, -0.15) is 0 Å². The fraction of sp³-hybridized carbons (Fsp3) is 0.478. The van der Waals surface area contributed by atoms with Crippen LogP contribution >= 0.6 is 11.9 Å². The van der Waals surface area contributed by atoms with Gasteiger partial charge < -0.3 is 14.4 Å². The molecular weight excluding hydrogens is 352 g/mol. The van der Waals surface area contributed by atoms with Crippen LogP contribution in [-0.4, -0.2) is 27.3 Å². The Kier molecular flexibility index (Phi) is 11.2. The van der Waals surface area contributed by atoms with Crippen LogP contribution < -0.4 is 9.62 Å². The van der Waals surface area contributed by atoms with Crippen molar-refractivity contribution < 1.29 is 4.74 Å². The number of aryl methyl sites for hydroxylation is 1. The van der Waals surface area contributed by atoms with Crippen molar-refractivity contribution in [3.8, 4) is 0 Å². The van der Waals surface area contributed by atoms with Crippen molar-refractivity contribution in [3.63, 3.8) is 0 Å². The van der Waals surface area contributed by atoms with E-state index >= 15 is 0 Å². The van der Waals surface area contributed by atoms with Crippen molar-refractivity contribution in [3.05, 3.63) is 59.2 Å². The number of ether oxygens (including phenoxy) is 1. The molecule has 2 aromatic rings. The largest absolute Gasteiger partial charge is 0.385 e. The summed E-state index contributed by atoms with van der Waals surface area (Å²) in [6.45, 7) is 11.9. The third-order valence-corrected chi connectivity index (χ3v) is 5.20. The monoisotopic (exact) mass is 388 g/mol. The molecule has 0 saturated carbocycles. The minimum absolute atomic E-state index is 0.219. The molecule has 1 N–H and O–H groups in total. The summed E-state index contributed by atoms with van der Waals surface area (Å²) in [6, 6.07) is 15.6. The van der Waals surface area contributed by atoms with Crippen LogP contribution in [0.1, 0.15) is 56.8 Å². The predicted molar refractivity (Wildman–Crippen MR) is 121 cm³/mol. The van der Waals surface area contributed by atoms with E-state index in [1.165, 1.54) is 27.3 Å². The Bertz CT molecular complexity index is 675. The molecule has 3 rings (SSSR count). The van der Waals surface area contributed by atoms with Crippen LogP contribution in [0.3, 0.4) is 0 Å². The van der Waals surface area contributed by atoms with Gasteiger partial charge in [0.05, 0.1) is 11.7 Å². The highest BCUT2D eigenvalue weighted by Gasteiger charge is 2.25. The lowest BCUT2D eigenvalue weighted by molar-refractivity contribution is 0.193. The zero-order chi connectivity index (χ0) is 20.2. The van der Waals surface area contributed by atoms with Gasteiger partial charge in [-0.15, -0.1) is 0 Å². The molecule has 1 heterocycles. The van der Waals surface area contributed by atoms with Crippen molar-refractivity contribution >= 4 is 17.6 Å². The number of nitrogens with zero attached hydrogens (tertiary/aromatic N) is 1. The highest BCUT2D eigenvalue weighted by molar-refractivity contribution is 8.00. The number of hydrogen-bond acceptors (Lipinski definition) is 4. The number of hydrogen-bond donors (Lipinski definition) is 1. The molecule has 0 saturated heterocycles. The van der Waals surface area contributed by atoms with Crippen molar-refractivity contribution in [2.45, 2.75) is 52.0 Å². The fourth-order valence-corrected chi connectivity index (χ4v) is 4.11. The number of rotatable bonds is 5. The van der Waals surface area contributed by atoms with Gasteiger partial charge >= 0.3 is 0 Å². The second-order valence-corrected chi connectivity index (χ2v) is 7.09. The molecule has 1 aliphatic rings. The van der Waals surface area contributed by atoms with Gasteiger partial charge in [0.2, 0.25) is 0 Å². The van der Waals surface area contributed by atoms with Gasteiger partial charge in [-0.1, -0.05) is 58.0 Å². The molecule has 0 fully saturated rings. The highest BCUT2D eigenvalue weighted by Crippen LogP contribution is 2.43. The maximum absolute atomic E-state index is 5.18. The van der Waals surface area contributed by atoms with Crippen molar-refractivity contribution in [2.24, 2.45) is 0 Å².